The van der Waals surface area contributed by atoms with Gasteiger partial charge in [0.25, 0.3) is 0 Å². The Morgan fingerprint density at radius 1 is 1.53 bits per heavy atom. The van der Waals surface area contributed by atoms with E-state index < -0.39 is 0 Å². The van der Waals surface area contributed by atoms with Crippen LogP contribution in [0.25, 0.3) is 0 Å². The number of aliphatic imine (C=N–C) groups is 1. The first kappa shape index (κ1) is 11.4. The van der Waals surface area contributed by atoms with Gasteiger partial charge in [0.1, 0.15) is 5.75 Å². The maximum atomic E-state index is 5.68. The van der Waals surface area contributed by atoms with Gasteiger partial charge in [-0.15, -0.1) is 0 Å². The van der Waals surface area contributed by atoms with Gasteiger partial charge in [-0.1, -0.05) is 12.1 Å². The lowest BCUT2D eigenvalue weighted by molar-refractivity contribution is 0.412. The number of ether oxygens (including phenoxy) is 1. The van der Waals surface area contributed by atoms with Gasteiger partial charge in [-0.25, -0.2) is 0 Å². The fourth-order valence-corrected chi connectivity index (χ4v) is 1.30. The molecule has 1 aromatic carbocycles. The Morgan fingerprint density at radius 3 is 2.87 bits per heavy atom. The van der Waals surface area contributed by atoms with E-state index in [1.807, 2.05) is 36.2 Å². The molecule has 0 aliphatic carbocycles. The predicted octanol–water partition coefficient (Wildman–Crippen LogP) is 1.07. The largest absolute Gasteiger partial charge is 0.497 e. The van der Waals surface area contributed by atoms with Crippen LogP contribution in [-0.2, 0) is 6.54 Å². The van der Waals surface area contributed by atoms with Crippen molar-refractivity contribution < 1.29 is 4.74 Å². The van der Waals surface area contributed by atoms with E-state index in [-0.39, 0.29) is 0 Å². The molecule has 1 aromatic rings. The molecule has 0 fully saturated rings. The summed E-state index contributed by atoms with van der Waals surface area (Å²) in [7, 11) is 5.24. The minimum absolute atomic E-state index is 0.526. The van der Waals surface area contributed by atoms with Gasteiger partial charge in [-0.05, 0) is 17.7 Å². The highest BCUT2D eigenvalue weighted by Gasteiger charge is 2.02. The second-order valence-electron chi connectivity index (χ2n) is 3.29. The van der Waals surface area contributed by atoms with Crippen molar-refractivity contribution in [2.24, 2.45) is 10.7 Å². The van der Waals surface area contributed by atoms with Crippen LogP contribution in [0, 0.1) is 0 Å². The van der Waals surface area contributed by atoms with E-state index in [1.54, 1.807) is 14.2 Å². The van der Waals surface area contributed by atoms with Gasteiger partial charge in [-0.2, -0.15) is 0 Å². The zero-order valence-corrected chi connectivity index (χ0v) is 9.40. The normalized spacial score (nSPS) is 11.3. The van der Waals surface area contributed by atoms with E-state index in [0.29, 0.717) is 5.96 Å². The highest BCUT2D eigenvalue weighted by atomic mass is 16.5. The molecule has 0 aliphatic rings. The van der Waals surface area contributed by atoms with Crippen LogP contribution in [0.3, 0.4) is 0 Å². The summed E-state index contributed by atoms with van der Waals surface area (Å²) in [5.41, 5.74) is 6.82. The molecule has 0 amide bonds. The van der Waals surface area contributed by atoms with Crippen molar-refractivity contribution >= 4 is 5.96 Å². The van der Waals surface area contributed by atoms with Gasteiger partial charge in [0.2, 0.25) is 0 Å². The van der Waals surface area contributed by atoms with Crippen LogP contribution in [0.15, 0.2) is 29.3 Å². The number of hydrogen-bond donors (Lipinski definition) is 1. The number of nitrogens with two attached hydrogens (primary N) is 1. The maximum Gasteiger partial charge on any atom is 0.191 e. The first-order valence-electron chi connectivity index (χ1n) is 4.73. The molecular formula is C11H17N3O. The van der Waals surface area contributed by atoms with E-state index in [1.165, 1.54) is 0 Å². The zero-order valence-electron chi connectivity index (χ0n) is 9.40. The average molecular weight is 207 g/mol. The van der Waals surface area contributed by atoms with Gasteiger partial charge in [0.15, 0.2) is 5.96 Å². The zero-order chi connectivity index (χ0) is 11.3. The van der Waals surface area contributed by atoms with Gasteiger partial charge in [0.05, 0.1) is 7.11 Å². The summed E-state index contributed by atoms with van der Waals surface area (Å²) in [6.07, 6.45) is 0. The molecule has 0 saturated heterocycles. The Labute approximate surface area is 90.4 Å². The molecule has 0 atom stereocenters. The van der Waals surface area contributed by atoms with E-state index in [4.69, 9.17) is 10.5 Å². The minimum atomic E-state index is 0.526. The molecule has 15 heavy (non-hydrogen) atoms. The summed E-state index contributed by atoms with van der Waals surface area (Å²) in [4.78, 5) is 5.80. The van der Waals surface area contributed by atoms with Gasteiger partial charge >= 0.3 is 0 Å². The smallest absolute Gasteiger partial charge is 0.191 e. The van der Waals surface area contributed by atoms with Gasteiger partial charge < -0.3 is 15.4 Å². The van der Waals surface area contributed by atoms with Gasteiger partial charge in [-0.3, -0.25) is 4.99 Å². The SMILES string of the molecule is CN=C(N)N(C)Cc1cccc(OC)c1. The van der Waals surface area contributed by atoms with Crippen LogP contribution < -0.4 is 10.5 Å². The van der Waals surface area contributed by atoms with Crippen molar-refractivity contribution in [2.45, 2.75) is 6.54 Å². The summed E-state index contributed by atoms with van der Waals surface area (Å²) in [5, 5.41) is 0. The summed E-state index contributed by atoms with van der Waals surface area (Å²) in [5.74, 6) is 1.38. The number of rotatable bonds is 3. The molecule has 1 rings (SSSR count). The lowest BCUT2D eigenvalue weighted by Gasteiger charge is -2.17. The molecule has 0 bridgehead atoms. The molecule has 4 heteroatoms. The van der Waals surface area contributed by atoms with Crippen molar-refractivity contribution in [3.05, 3.63) is 29.8 Å². The van der Waals surface area contributed by atoms with E-state index in [9.17, 15) is 0 Å². The average Bonchev–Trinajstić information content (AvgIpc) is 2.28. The molecule has 0 unspecified atom stereocenters. The Hall–Kier alpha value is -1.71. The van der Waals surface area contributed by atoms with Crippen molar-refractivity contribution in [1.82, 2.24) is 4.90 Å². The second-order valence-corrected chi connectivity index (χ2v) is 3.29. The molecule has 0 radical (unpaired) electrons. The van der Waals surface area contributed by atoms with Crippen LogP contribution in [0.2, 0.25) is 0 Å². The van der Waals surface area contributed by atoms with Crippen molar-refractivity contribution in [3.63, 3.8) is 0 Å². The third-order valence-corrected chi connectivity index (χ3v) is 2.17. The molecule has 0 aliphatic heterocycles. The van der Waals surface area contributed by atoms with E-state index >= 15 is 0 Å². The molecule has 2 N–H and O–H groups in total. The molecule has 82 valence electrons. The number of guanidine groups is 1. The summed E-state index contributed by atoms with van der Waals surface area (Å²) in [6, 6.07) is 7.89. The number of hydrogen-bond acceptors (Lipinski definition) is 2. The number of benzene rings is 1. The molecule has 0 heterocycles. The van der Waals surface area contributed by atoms with Crippen LogP contribution >= 0.6 is 0 Å². The Morgan fingerprint density at radius 2 is 2.27 bits per heavy atom. The second kappa shape index (κ2) is 5.24. The topological polar surface area (TPSA) is 50.8 Å². The summed E-state index contributed by atoms with van der Waals surface area (Å²) in [6.45, 7) is 0.723. The number of nitrogens with zero attached hydrogens (tertiary/aromatic N) is 2. The highest BCUT2D eigenvalue weighted by Crippen LogP contribution is 2.13. The standard InChI is InChI=1S/C11H17N3O/c1-13-11(12)14(2)8-9-5-4-6-10(7-9)15-3/h4-7H,8H2,1-3H3,(H2,12,13). The lowest BCUT2D eigenvalue weighted by atomic mass is 10.2. The van der Waals surface area contributed by atoms with Crippen molar-refractivity contribution in [2.75, 3.05) is 21.2 Å². The monoisotopic (exact) mass is 207 g/mol. The lowest BCUT2D eigenvalue weighted by Crippen LogP contribution is -2.33. The number of methoxy groups -OCH3 is 1. The third-order valence-electron chi connectivity index (χ3n) is 2.17. The summed E-state index contributed by atoms with van der Waals surface area (Å²) < 4.78 is 5.14. The van der Waals surface area contributed by atoms with Crippen molar-refractivity contribution in [3.8, 4) is 5.75 Å². The Kier molecular flexibility index (Phi) is 3.97. The van der Waals surface area contributed by atoms with Gasteiger partial charge in [0, 0.05) is 20.6 Å². The molecule has 0 saturated carbocycles. The van der Waals surface area contributed by atoms with Crippen LogP contribution in [0.1, 0.15) is 5.56 Å². The summed E-state index contributed by atoms with van der Waals surface area (Å²) >= 11 is 0. The van der Waals surface area contributed by atoms with Crippen LogP contribution in [-0.4, -0.2) is 32.1 Å². The quantitative estimate of drug-likeness (QED) is 0.596. The first-order valence-corrected chi connectivity index (χ1v) is 4.73. The minimum Gasteiger partial charge on any atom is -0.497 e. The Bertz CT molecular complexity index is 349. The van der Waals surface area contributed by atoms with Crippen LogP contribution in [0.4, 0.5) is 0 Å². The fourth-order valence-electron chi connectivity index (χ4n) is 1.30. The molecule has 0 spiro atoms. The molecule has 4 nitrogen and oxygen atoms in total. The Balaban J connectivity index is 2.72. The molecular weight excluding hydrogens is 190 g/mol. The fraction of sp³-hybridized carbons (Fsp3) is 0.364. The van der Waals surface area contributed by atoms with Crippen LogP contribution in [0.5, 0.6) is 5.75 Å². The third kappa shape index (κ3) is 3.16. The maximum absolute atomic E-state index is 5.68. The highest BCUT2D eigenvalue weighted by molar-refractivity contribution is 5.77. The molecule has 0 aromatic heterocycles. The van der Waals surface area contributed by atoms with E-state index in [2.05, 4.69) is 4.99 Å². The predicted molar refractivity (Wildman–Crippen MR) is 62.0 cm³/mol. The first-order chi connectivity index (χ1) is 7.17. The van der Waals surface area contributed by atoms with Crippen molar-refractivity contribution in [1.29, 1.82) is 0 Å². The van der Waals surface area contributed by atoms with E-state index in [0.717, 1.165) is 17.9 Å².